The average Bonchev–Trinajstić information content (AvgIpc) is 2.67. The van der Waals surface area contributed by atoms with Crippen molar-refractivity contribution in [3.05, 3.63) is 23.0 Å². The highest BCUT2D eigenvalue weighted by Gasteiger charge is 2.25. The molecule has 1 aliphatic heterocycles. The van der Waals surface area contributed by atoms with Crippen molar-refractivity contribution in [2.45, 2.75) is 6.42 Å². The molecule has 2 aromatic rings. The number of halogens is 2. The van der Waals surface area contributed by atoms with Gasteiger partial charge in [0, 0.05) is 18.6 Å². The fourth-order valence-corrected chi connectivity index (χ4v) is 2.07. The Labute approximate surface area is 113 Å². The van der Waals surface area contributed by atoms with Gasteiger partial charge in [0.2, 0.25) is 0 Å². The maximum Gasteiger partial charge on any atom is 0.175 e. The number of nitrogen functional groups attached to an aromatic ring is 1. The lowest BCUT2D eigenvalue weighted by Crippen LogP contribution is -1.98. The van der Waals surface area contributed by atoms with Gasteiger partial charge < -0.3 is 19.7 Å². The topological polar surface area (TPSA) is 70.5 Å². The smallest absolute Gasteiger partial charge is 0.175 e. The summed E-state index contributed by atoms with van der Waals surface area (Å²) in [5, 5.41) is 3.46. The van der Waals surface area contributed by atoms with E-state index in [1.54, 1.807) is 0 Å². The molecule has 0 spiro atoms. The summed E-state index contributed by atoms with van der Waals surface area (Å²) in [7, 11) is 0. The second kappa shape index (κ2) is 4.62. The van der Waals surface area contributed by atoms with Crippen LogP contribution in [0.15, 0.2) is 16.7 Å². The first-order chi connectivity index (χ1) is 9.16. The number of nitrogens with zero attached hydrogens (tertiary/aromatic N) is 1. The second-order valence-corrected chi connectivity index (χ2v) is 4.45. The molecular weight excluding hydrogens is 275 g/mol. The molecule has 0 radical (unpaired) electrons. The lowest BCUT2D eigenvalue weighted by molar-refractivity contribution is 0.296. The van der Waals surface area contributed by atoms with Gasteiger partial charge in [-0.1, -0.05) is 16.8 Å². The number of fused-ring (bicyclic) bond motifs is 1. The van der Waals surface area contributed by atoms with Crippen molar-refractivity contribution in [1.82, 2.24) is 5.16 Å². The Bertz CT molecular complexity index is 630. The normalized spacial score (nSPS) is 14.2. The summed E-state index contributed by atoms with van der Waals surface area (Å²) in [5.41, 5.74) is 5.56. The maximum atomic E-state index is 14.2. The van der Waals surface area contributed by atoms with E-state index in [9.17, 15) is 4.39 Å². The van der Waals surface area contributed by atoms with E-state index in [0.29, 0.717) is 25.4 Å². The van der Waals surface area contributed by atoms with Crippen LogP contribution in [0.25, 0.3) is 11.3 Å². The molecule has 0 aliphatic carbocycles. The van der Waals surface area contributed by atoms with Gasteiger partial charge in [-0.15, -0.1) is 0 Å². The summed E-state index contributed by atoms with van der Waals surface area (Å²) in [6, 6.07) is 2.80. The van der Waals surface area contributed by atoms with E-state index in [-0.39, 0.29) is 27.9 Å². The van der Waals surface area contributed by atoms with Gasteiger partial charge in [-0.2, -0.15) is 0 Å². The molecule has 0 amide bonds. The molecule has 19 heavy (non-hydrogen) atoms. The summed E-state index contributed by atoms with van der Waals surface area (Å²) in [4.78, 5) is 0. The van der Waals surface area contributed by atoms with Gasteiger partial charge in [-0.3, -0.25) is 0 Å². The first kappa shape index (κ1) is 12.1. The molecule has 1 aromatic heterocycles. The Morgan fingerprint density at radius 2 is 2.05 bits per heavy atom. The van der Waals surface area contributed by atoms with Gasteiger partial charge in [0.15, 0.2) is 28.9 Å². The number of nitrogens with two attached hydrogens (primary N) is 1. The Balaban J connectivity index is 2.24. The van der Waals surface area contributed by atoms with Crippen molar-refractivity contribution < 1.29 is 18.4 Å². The lowest BCUT2D eigenvalue weighted by atomic mass is 10.1. The SMILES string of the molecule is Nc1cc(-c2c(F)c(Cl)cc3c2OCCCO3)on1. The molecule has 2 heterocycles. The van der Waals surface area contributed by atoms with E-state index < -0.39 is 5.82 Å². The minimum absolute atomic E-state index is 0.0748. The van der Waals surface area contributed by atoms with Gasteiger partial charge in [0.25, 0.3) is 0 Å². The number of aromatic nitrogens is 1. The van der Waals surface area contributed by atoms with E-state index >= 15 is 0 Å². The molecule has 2 N–H and O–H groups in total. The van der Waals surface area contributed by atoms with Crippen LogP contribution in [0.3, 0.4) is 0 Å². The van der Waals surface area contributed by atoms with Gasteiger partial charge in [-0.05, 0) is 0 Å². The molecule has 100 valence electrons. The Hall–Kier alpha value is -1.95. The summed E-state index contributed by atoms with van der Waals surface area (Å²) >= 11 is 5.86. The molecule has 1 aliphatic rings. The third-order valence-corrected chi connectivity index (χ3v) is 2.98. The molecule has 7 heteroatoms. The zero-order valence-electron chi connectivity index (χ0n) is 9.78. The van der Waals surface area contributed by atoms with Gasteiger partial charge in [0.1, 0.15) is 5.56 Å². The van der Waals surface area contributed by atoms with Crippen molar-refractivity contribution in [1.29, 1.82) is 0 Å². The van der Waals surface area contributed by atoms with Crippen LogP contribution in [0.1, 0.15) is 6.42 Å². The van der Waals surface area contributed by atoms with Crippen LogP contribution in [0.5, 0.6) is 11.5 Å². The first-order valence-corrected chi connectivity index (χ1v) is 6.05. The summed E-state index contributed by atoms with van der Waals surface area (Å²) in [6.45, 7) is 0.900. The summed E-state index contributed by atoms with van der Waals surface area (Å²) < 4.78 is 30.2. The standard InChI is InChI=1S/C12H10ClFN2O3/c13-6-4-8-12(18-3-1-2-17-8)10(11(6)14)7-5-9(15)16-19-7/h4-5H,1-3H2,(H2,15,16). The fraction of sp³-hybridized carbons (Fsp3) is 0.250. The van der Waals surface area contributed by atoms with Gasteiger partial charge in [-0.25, -0.2) is 4.39 Å². The average molecular weight is 285 g/mol. The van der Waals surface area contributed by atoms with E-state index in [4.69, 9.17) is 31.3 Å². The minimum atomic E-state index is -0.651. The van der Waals surface area contributed by atoms with E-state index in [2.05, 4.69) is 5.16 Å². The molecule has 3 rings (SSSR count). The maximum absolute atomic E-state index is 14.2. The highest BCUT2D eigenvalue weighted by Crippen LogP contribution is 2.44. The predicted molar refractivity (Wildman–Crippen MR) is 66.9 cm³/mol. The Morgan fingerprint density at radius 1 is 1.26 bits per heavy atom. The molecule has 1 aromatic carbocycles. The Kier molecular flexibility index (Phi) is 2.94. The third kappa shape index (κ3) is 2.08. The van der Waals surface area contributed by atoms with E-state index in [0.717, 1.165) is 0 Å². The molecule has 0 fully saturated rings. The lowest BCUT2D eigenvalue weighted by Gasteiger charge is -2.12. The number of anilines is 1. The van der Waals surface area contributed by atoms with Gasteiger partial charge in [0.05, 0.1) is 18.2 Å². The number of ether oxygens (including phenoxy) is 2. The highest BCUT2D eigenvalue weighted by atomic mass is 35.5. The van der Waals surface area contributed by atoms with Crippen molar-refractivity contribution in [3.63, 3.8) is 0 Å². The zero-order chi connectivity index (χ0) is 13.4. The third-order valence-electron chi connectivity index (χ3n) is 2.71. The van der Waals surface area contributed by atoms with Crippen molar-refractivity contribution in [3.8, 4) is 22.8 Å². The summed E-state index contributed by atoms with van der Waals surface area (Å²) in [5.74, 6) is 0.295. The Morgan fingerprint density at radius 3 is 2.79 bits per heavy atom. The predicted octanol–water partition coefficient (Wildman–Crippen LogP) is 2.88. The number of hydrogen-bond donors (Lipinski definition) is 1. The highest BCUT2D eigenvalue weighted by molar-refractivity contribution is 6.31. The van der Waals surface area contributed by atoms with Crippen LogP contribution in [0, 0.1) is 5.82 Å². The molecule has 0 saturated carbocycles. The number of rotatable bonds is 1. The molecule has 0 atom stereocenters. The van der Waals surface area contributed by atoms with Crippen LogP contribution < -0.4 is 15.2 Å². The minimum Gasteiger partial charge on any atom is -0.489 e. The summed E-state index contributed by atoms with van der Waals surface area (Å²) in [6.07, 6.45) is 0.700. The zero-order valence-corrected chi connectivity index (χ0v) is 10.5. The molecule has 0 bridgehead atoms. The van der Waals surface area contributed by atoms with E-state index in [1.807, 2.05) is 0 Å². The van der Waals surface area contributed by atoms with Crippen LogP contribution in [0.4, 0.5) is 10.2 Å². The van der Waals surface area contributed by atoms with Crippen molar-refractivity contribution in [2.24, 2.45) is 0 Å². The molecule has 5 nitrogen and oxygen atoms in total. The number of hydrogen-bond acceptors (Lipinski definition) is 5. The monoisotopic (exact) mass is 284 g/mol. The van der Waals surface area contributed by atoms with Gasteiger partial charge >= 0.3 is 0 Å². The van der Waals surface area contributed by atoms with Crippen molar-refractivity contribution in [2.75, 3.05) is 18.9 Å². The molecular formula is C12H10ClFN2O3. The quantitative estimate of drug-likeness (QED) is 0.872. The van der Waals surface area contributed by atoms with Crippen LogP contribution in [-0.2, 0) is 0 Å². The van der Waals surface area contributed by atoms with Crippen LogP contribution >= 0.6 is 11.6 Å². The number of benzene rings is 1. The fourth-order valence-electron chi connectivity index (χ4n) is 1.88. The van der Waals surface area contributed by atoms with E-state index in [1.165, 1.54) is 12.1 Å². The second-order valence-electron chi connectivity index (χ2n) is 4.04. The molecule has 0 saturated heterocycles. The molecule has 0 unspecified atom stereocenters. The largest absolute Gasteiger partial charge is 0.489 e. The first-order valence-electron chi connectivity index (χ1n) is 5.67. The van der Waals surface area contributed by atoms with Crippen LogP contribution in [0.2, 0.25) is 5.02 Å². The van der Waals surface area contributed by atoms with Crippen LogP contribution in [-0.4, -0.2) is 18.4 Å². The van der Waals surface area contributed by atoms with Crippen molar-refractivity contribution >= 4 is 17.4 Å².